The largest absolute Gasteiger partial charge is 0.481 e. The van der Waals surface area contributed by atoms with Gasteiger partial charge in [-0.3, -0.25) is 9.59 Å². The zero-order valence-corrected chi connectivity index (χ0v) is 12.9. The monoisotopic (exact) mass is 315 g/mol. The Morgan fingerprint density at radius 1 is 1.32 bits per heavy atom. The van der Waals surface area contributed by atoms with E-state index in [1.54, 1.807) is 11.3 Å². The molecule has 1 aliphatic heterocycles. The van der Waals surface area contributed by atoms with Gasteiger partial charge >= 0.3 is 5.97 Å². The summed E-state index contributed by atoms with van der Waals surface area (Å²) in [6.45, 7) is 1.32. The summed E-state index contributed by atoms with van der Waals surface area (Å²) >= 11 is 1.67. The van der Waals surface area contributed by atoms with Gasteiger partial charge < -0.3 is 10.0 Å². The van der Waals surface area contributed by atoms with Gasteiger partial charge in [0, 0.05) is 28.8 Å². The predicted octanol–water partition coefficient (Wildman–Crippen LogP) is 3.23. The number of carbonyl (C=O) groups excluding carboxylic acids is 1. The number of carboxylic acids is 1. The van der Waals surface area contributed by atoms with Crippen LogP contribution in [0.1, 0.15) is 29.6 Å². The Bertz CT molecular complexity index is 768. The van der Waals surface area contributed by atoms with Gasteiger partial charge in [0.05, 0.1) is 5.92 Å². The standard InChI is InChI=1S/C17H17NO3S/c19-15(12-2-3-14-11(8-12)4-7-22-14)18-6-1-5-17(10-18)9-13(17)16(20)21/h2-4,7-8,13H,1,5-6,9-10H2,(H,20,21). The minimum absolute atomic E-state index is 0.0308. The number of carboxylic acid groups (broad SMARTS) is 1. The lowest BCUT2D eigenvalue weighted by Crippen LogP contribution is -2.42. The van der Waals surface area contributed by atoms with Crippen LogP contribution in [-0.2, 0) is 4.79 Å². The van der Waals surface area contributed by atoms with E-state index in [9.17, 15) is 14.7 Å². The maximum Gasteiger partial charge on any atom is 0.307 e. The molecule has 1 aromatic heterocycles. The Balaban J connectivity index is 1.56. The highest BCUT2D eigenvalue weighted by molar-refractivity contribution is 7.17. The second-order valence-corrected chi connectivity index (χ2v) is 7.41. The molecule has 2 unspecified atom stereocenters. The summed E-state index contributed by atoms with van der Waals surface area (Å²) in [4.78, 5) is 25.8. The minimum Gasteiger partial charge on any atom is -0.481 e. The summed E-state index contributed by atoms with van der Waals surface area (Å²) in [6.07, 6.45) is 2.54. The third kappa shape index (κ3) is 2.11. The molecule has 1 aliphatic carbocycles. The van der Waals surface area contributed by atoms with Crippen molar-refractivity contribution in [2.75, 3.05) is 13.1 Å². The van der Waals surface area contributed by atoms with Crippen LogP contribution in [0.5, 0.6) is 0 Å². The molecule has 0 bridgehead atoms. The highest BCUT2D eigenvalue weighted by atomic mass is 32.1. The van der Waals surface area contributed by atoms with Crippen molar-refractivity contribution in [3.05, 3.63) is 35.2 Å². The van der Waals surface area contributed by atoms with E-state index in [0.29, 0.717) is 12.1 Å². The van der Waals surface area contributed by atoms with E-state index in [-0.39, 0.29) is 17.2 Å². The van der Waals surface area contributed by atoms with Gasteiger partial charge in [-0.25, -0.2) is 0 Å². The van der Waals surface area contributed by atoms with Crippen molar-refractivity contribution in [1.29, 1.82) is 0 Å². The van der Waals surface area contributed by atoms with Crippen LogP contribution < -0.4 is 0 Å². The van der Waals surface area contributed by atoms with E-state index in [0.717, 1.165) is 31.2 Å². The van der Waals surface area contributed by atoms with Gasteiger partial charge in [-0.15, -0.1) is 11.3 Å². The molecule has 5 heteroatoms. The number of aliphatic carboxylic acids is 1. The van der Waals surface area contributed by atoms with Crippen molar-refractivity contribution < 1.29 is 14.7 Å². The molecule has 0 radical (unpaired) electrons. The summed E-state index contributed by atoms with van der Waals surface area (Å²) in [5, 5.41) is 12.3. The third-order valence-corrected chi connectivity index (χ3v) is 5.98. The van der Waals surface area contributed by atoms with Gasteiger partial charge in [0.25, 0.3) is 5.91 Å². The second kappa shape index (κ2) is 4.81. The summed E-state index contributed by atoms with van der Waals surface area (Å²) < 4.78 is 1.18. The zero-order chi connectivity index (χ0) is 15.3. The normalized spacial score (nSPS) is 27.3. The molecule has 1 saturated carbocycles. The summed E-state index contributed by atoms with van der Waals surface area (Å²) in [5.41, 5.74) is 0.544. The SMILES string of the molecule is O=C(O)C1CC12CCCN(C(=O)c1ccc3sccc3c1)C2. The Labute approximate surface area is 132 Å². The van der Waals surface area contributed by atoms with E-state index in [1.807, 2.05) is 34.5 Å². The van der Waals surface area contributed by atoms with Crippen molar-refractivity contribution in [3.8, 4) is 0 Å². The fraction of sp³-hybridized carbons (Fsp3) is 0.412. The highest BCUT2D eigenvalue weighted by Crippen LogP contribution is 2.58. The number of amides is 1. The molecular formula is C17H17NO3S. The van der Waals surface area contributed by atoms with E-state index in [4.69, 9.17) is 0 Å². The predicted molar refractivity (Wildman–Crippen MR) is 85.1 cm³/mol. The molecule has 2 aliphatic rings. The molecular weight excluding hydrogens is 298 g/mol. The van der Waals surface area contributed by atoms with Crippen molar-refractivity contribution in [2.45, 2.75) is 19.3 Å². The fourth-order valence-electron chi connectivity index (χ4n) is 3.76. The average Bonchev–Trinajstić information content (AvgIpc) is 3.01. The molecule has 2 aromatic rings. The molecule has 2 atom stereocenters. The first-order chi connectivity index (χ1) is 10.6. The zero-order valence-electron chi connectivity index (χ0n) is 12.1. The molecule has 1 N–H and O–H groups in total. The minimum atomic E-state index is -0.714. The number of thiophene rings is 1. The van der Waals surface area contributed by atoms with Crippen molar-refractivity contribution in [1.82, 2.24) is 4.90 Å². The van der Waals surface area contributed by atoms with Crippen molar-refractivity contribution >= 4 is 33.3 Å². The Morgan fingerprint density at radius 2 is 2.18 bits per heavy atom. The van der Waals surface area contributed by atoms with Crippen molar-refractivity contribution in [3.63, 3.8) is 0 Å². The summed E-state index contributed by atoms with van der Waals surface area (Å²) in [5.74, 6) is -0.945. The van der Waals surface area contributed by atoms with Crippen LogP contribution in [0.3, 0.4) is 0 Å². The summed E-state index contributed by atoms with van der Waals surface area (Å²) in [6, 6.07) is 7.83. The number of likely N-dealkylation sites (tertiary alicyclic amines) is 1. The molecule has 1 aromatic carbocycles. The summed E-state index contributed by atoms with van der Waals surface area (Å²) in [7, 11) is 0. The van der Waals surface area contributed by atoms with Gasteiger partial charge in [0.15, 0.2) is 0 Å². The molecule has 1 amide bonds. The van der Waals surface area contributed by atoms with Crippen LogP contribution in [0.4, 0.5) is 0 Å². The topological polar surface area (TPSA) is 57.6 Å². The van der Waals surface area contributed by atoms with E-state index >= 15 is 0 Å². The second-order valence-electron chi connectivity index (χ2n) is 6.46. The first-order valence-corrected chi connectivity index (χ1v) is 8.46. The number of hydrogen-bond donors (Lipinski definition) is 1. The molecule has 1 spiro atoms. The lowest BCUT2D eigenvalue weighted by molar-refractivity contribution is -0.139. The van der Waals surface area contributed by atoms with Gasteiger partial charge in [0.2, 0.25) is 0 Å². The molecule has 4 nitrogen and oxygen atoms in total. The number of piperidine rings is 1. The molecule has 2 heterocycles. The van der Waals surface area contributed by atoms with Crippen LogP contribution in [0.15, 0.2) is 29.6 Å². The van der Waals surface area contributed by atoms with E-state index in [1.165, 1.54) is 4.70 Å². The number of hydrogen-bond acceptors (Lipinski definition) is 3. The maximum atomic E-state index is 12.7. The quantitative estimate of drug-likeness (QED) is 0.925. The van der Waals surface area contributed by atoms with Crippen LogP contribution >= 0.6 is 11.3 Å². The molecule has 4 rings (SSSR count). The first kappa shape index (κ1) is 13.8. The van der Waals surface area contributed by atoms with Gasteiger partial charge in [-0.1, -0.05) is 0 Å². The maximum absolute atomic E-state index is 12.7. The Morgan fingerprint density at radius 3 is 2.95 bits per heavy atom. The molecule has 1 saturated heterocycles. The number of benzene rings is 1. The number of fused-ring (bicyclic) bond motifs is 1. The van der Waals surface area contributed by atoms with Crippen LogP contribution in [-0.4, -0.2) is 35.0 Å². The molecule has 2 fully saturated rings. The van der Waals surface area contributed by atoms with Crippen LogP contribution in [0, 0.1) is 11.3 Å². The van der Waals surface area contributed by atoms with Crippen LogP contribution in [0.2, 0.25) is 0 Å². The van der Waals surface area contributed by atoms with Gasteiger partial charge in [0.1, 0.15) is 0 Å². The number of nitrogens with zero attached hydrogens (tertiary/aromatic N) is 1. The van der Waals surface area contributed by atoms with Crippen LogP contribution in [0.25, 0.3) is 10.1 Å². The number of rotatable bonds is 2. The van der Waals surface area contributed by atoms with Gasteiger partial charge in [-0.05, 0) is 54.3 Å². The lowest BCUT2D eigenvalue weighted by atomic mass is 9.91. The smallest absolute Gasteiger partial charge is 0.307 e. The molecule has 22 heavy (non-hydrogen) atoms. The Kier molecular flexibility index (Phi) is 3.01. The number of carbonyl (C=O) groups is 2. The van der Waals surface area contributed by atoms with E-state index < -0.39 is 5.97 Å². The Hall–Kier alpha value is -1.88. The van der Waals surface area contributed by atoms with Crippen molar-refractivity contribution in [2.24, 2.45) is 11.3 Å². The highest BCUT2D eigenvalue weighted by Gasteiger charge is 2.60. The lowest BCUT2D eigenvalue weighted by Gasteiger charge is -2.33. The first-order valence-electron chi connectivity index (χ1n) is 7.58. The molecule has 114 valence electrons. The average molecular weight is 315 g/mol. The fourth-order valence-corrected chi connectivity index (χ4v) is 4.53. The third-order valence-electron chi connectivity index (χ3n) is 5.08. The van der Waals surface area contributed by atoms with E-state index in [2.05, 4.69) is 0 Å². The van der Waals surface area contributed by atoms with Gasteiger partial charge in [-0.2, -0.15) is 0 Å².